The molecule has 0 atom stereocenters. The molecule has 0 amide bonds. The van der Waals surface area contributed by atoms with Crippen LogP contribution in [0.15, 0.2) is 170 Å². The van der Waals surface area contributed by atoms with Gasteiger partial charge in [-0.2, -0.15) is 0 Å². The molecular formula is C61H60N4O. The Labute approximate surface area is 391 Å². The Morgan fingerprint density at radius 3 is 1.83 bits per heavy atom. The Balaban J connectivity index is 1.02. The molecule has 1 aliphatic rings. The fraction of sp³-hybridized carbons (Fsp3) is 0.230. The summed E-state index contributed by atoms with van der Waals surface area (Å²) in [6.07, 6.45) is 2.03. The minimum Gasteiger partial charge on any atom is -0.457 e. The van der Waals surface area contributed by atoms with Gasteiger partial charge in [-0.15, -0.1) is 0 Å². The zero-order chi connectivity index (χ0) is 46.1. The van der Waals surface area contributed by atoms with Gasteiger partial charge in [-0.1, -0.05) is 153 Å². The van der Waals surface area contributed by atoms with Crippen LogP contribution < -0.4 is 14.5 Å². The van der Waals surface area contributed by atoms with E-state index >= 15 is 0 Å². The summed E-state index contributed by atoms with van der Waals surface area (Å²) in [5, 5.41) is 2.33. The van der Waals surface area contributed by atoms with Crippen LogP contribution in [0.4, 0.5) is 22.7 Å². The first kappa shape index (κ1) is 42.8. The number of pyridine rings is 1. The number of aromatic nitrogens is 2. The molecule has 0 bridgehead atoms. The highest BCUT2D eigenvalue weighted by molar-refractivity contribution is 6.09. The van der Waals surface area contributed by atoms with Gasteiger partial charge in [-0.3, -0.25) is 4.57 Å². The van der Waals surface area contributed by atoms with Crippen LogP contribution in [0.1, 0.15) is 84.6 Å². The maximum Gasteiger partial charge on any atom is 0.137 e. The number of para-hydroxylation sites is 1. The van der Waals surface area contributed by atoms with E-state index in [0.29, 0.717) is 6.67 Å². The Kier molecular flexibility index (Phi) is 10.4. The predicted molar refractivity (Wildman–Crippen MR) is 279 cm³/mol. The molecule has 5 heteroatoms. The lowest BCUT2D eigenvalue weighted by molar-refractivity contribution is 0.483. The van der Waals surface area contributed by atoms with Crippen molar-refractivity contribution in [2.75, 3.05) is 16.5 Å². The molecule has 0 N–H and O–H groups in total. The lowest BCUT2D eigenvalue weighted by atomic mass is 9.80. The Bertz CT molecular complexity index is 3250. The van der Waals surface area contributed by atoms with E-state index in [1.807, 2.05) is 6.20 Å². The molecule has 10 rings (SSSR count). The molecule has 0 fully saturated rings. The third-order valence-electron chi connectivity index (χ3n) is 13.3. The van der Waals surface area contributed by atoms with Gasteiger partial charge in [0.2, 0.25) is 0 Å². The Morgan fingerprint density at radius 2 is 1.11 bits per heavy atom. The molecule has 0 saturated heterocycles. The quantitative estimate of drug-likeness (QED) is 0.160. The summed E-state index contributed by atoms with van der Waals surface area (Å²) in [5.41, 5.74) is 16.7. The number of rotatable bonds is 7. The molecule has 0 saturated carbocycles. The van der Waals surface area contributed by atoms with Crippen LogP contribution >= 0.6 is 0 Å². The standard InChI is InChI=1S/C61H60N4O/c1-40-30-58(62-38-53(40)43-20-16-21-44(31-43)59(2,3)4)65-54-25-15-14-24-51(54)52-28-27-50(37-56(52)65)66-49-23-17-22-47(36-49)63-39-64(48-34-45(60(5,6)7)33-46(35-48)61(8,9)10)55-29-26-42(32-57(55)63)41-18-12-11-13-19-41/h11-38H,39H2,1-10H3. The van der Waals surface area contributed by atoms with E-state index in [0.717, 1.165) is 50.7 Å². The summed E-state index contributed by atoms with van der Waals surface area (Å²) in [7, 11) is 0. The van der Waals surface area contributed by atoms with E-state index in [9.17, 15) is 0 Å². The molecule has 2 aromatic heterocycles. The van der Waals surface area contributed by atoms with Gasteiger partial charge in [0.1, 0.15) is 24.0 Å². The average Bonchev–Trinajstić information content (AvgIpc) is 3.84. The Morgan fingerprint density at radius 1 is 0.455 bits per heavy atom. The molecule has 5 nitrogen and oxygen atoms in total. The van der Waals surface area contributed by atoms with Crippen LogP contribution in [-0.4, -0.2) is 16.2 Å². The monoisotopic (exact) mass is 864 g/mol. The summed E-state index contributed by atoms with van der Waals surface area (Å²) >= 11 is 0. The average molecular weight is 865 g/mol. The van der Waals surface area contributed by atoms with Crippen LogP contribution in [0.25, 0.3) is 49.9 Å². The van der Waals surface area contributed by atoms with E-state index in [1.165, 1.54) is 55.7 Å². The molecule has 66 heavy (non-hydrogen) atoms. The molecule has 7 aromatic carbocycles. The van der Waals surface area contributed by atoms with Crippen molar-refractivity contribution in [2.45, 2.75) is 85.5 Å². The number of nitrogens with zero attached hydrogens (tertiary/aromatic N) is 4. The van der Waals surface area contributed by atoms with Crippen LogP contribution in [-0.2, 0) is 16.2 Å². The highest BCUT2D eigenvalue weighted by Gasteiger charge is 2.31. The van der Waals surface area contributed by atoms with Gasteiger partial charge in [0.05, 0.1) is 22.4 Å². The zero-order valence-corrected chi connectivity index (χ0v) is 40.1. The first-order valence-corrected chi connectivity index (χ1v) is 23.3. The highest BCUT2D eigenvalue weighted by Crippen LogP contribution is 2.48. The number of fused-ring (bicyclic) bond motifs is 4. The van der Waals surface area contributed by atoms with Crippen molar-refractivity contribution in [2.24, 2.45) is 0 Å². The summed E-state index contributed by atoms with van der Waals surface area (Å²) in [6, 6.07) is 59.4. The molecule has 0 aliphatic carbocycles. The van der Waals surface area contributed by atoms with Crippen molar-refractivity contribution in [3.8, 4) is 39.6 Å². The summed E-state index contributed by atoms with van der Waals surface area (Å²) in [5.74, 6) is 2.41. The van der Waals surface area contributed by atoms with E-state index in [-0.39, 0.29) is 16.2 Å². The van der Waals surface area contributed by atoms with Crippen molar-refractivity contribution < 1.29 is 4.74 Å². The third kappa shape index (κ3) is 8.02. The Hall–Kier alpha value is -7.11. The second-order valence-electron chi connectivity index (χ2n) is 21.2. The maximum atomic E-state index is 6.84. The molecule has 0 radical (unpaired) electrons. The van der Waals surface area contributed by atoms with Gasteiger partial charge in [0.25, 0.3) is 0 Å². The lowest BCUT2D eigenvalue weighted by Crippen LogP contribution is -2.25. The lowest BCUT2D eigenvalue weighted by Gasteiger charge is -2.29. The van der Waals surface area contributed by atoms with Crippen molar-refractivity contribution >= 4 is 44.6 Å². The number of ether oxygens (including phenoxy) is 1. The van der Waals surface area contributed by atoms with Crippen molar-refractivity contribution in [1.82, 2.24) is 9.55 Å². The molecule has 330 valence electrons. The zero-order valence-electron chi connectivity index (χ0n) is 40.1. The smallest absolute Gasteiger partial charge is 0.137 e. The summed E-state index contributed by atoms with van der Waals surface area (Å²) < 4.78 is 9.11. The van der Waals surface area contributed by atoms with E-state index in [1.54, 1.807) is 0 Å². The van der Waals surface area contributed by atoms with Crippen molar-refractivity contribution in [3.05, 3.63) is 192 Å². The van der Waals surface area contributed by atoms with Gasteiger partial charge in [0, 0.05) is 46.0 Å². The van der Waals surface area contributed by atoms with E-state index < -0.39 is 0 Å². The molecule has 9 aromatic rings. The number of hydrogen-bond acceptors (Lipinski definition) is 4. The summed E-state index contributed by atoms with van der Waals surface area (Å²) in [4.78, 5) is 10.0. The normalized spacial score (nSPS) is 13.2. The van der Waals surface area contributed by atoms with Gasteiger partial charge in [-0.25, -0.2) is 4.98 Å². The van der Waals surface area contributed by atoms with Crippen LogP contribution in [0, 0.1) is 6.92 Å². The minimum atomic E-state index is -0.00231. The highest BCUT2D eigenvalue weighted by atomic mass is 16.5. The molecule has 0 unspecified atom stereocenters. The van der Waals surface area contributed by atoms with Crippen molar-refractivity contribution in [1.29, 1.82) is 0 Å². The minimum absolute atomic E-state index is 0.00231. The van der Waals surface area contributed by atoms with Gasteiger partial charge in [0.15, 0.2) is 0 Å². The second kappa shape index (κ2) is 16.1. The molecular weight excluding hydrogens is 805 g/mol. The maximum absolute atomic E-state index is 6.84. The largest absolute Gasteiger partial charge is 0.457 e. The number of anilines is 4. The van der Waals surface area contributed by atoms with Gasteiger partial charge < -0.3 is 14.5 Å². The van der Waals surface area contributed by atoms with Gasteiger partial charge in [-0.05, 0) is 123 Å². The van der Waals surface area contributed by atoms with Crippen LogP contribution in [0.3, 0.4) is 0 Å². The first-order valence-electron chi connectivity index (χ1n) is 23.3. The molecule has 1 aliphatic heterocycles. The summed E-state index contributed by atoms with van der Waals surface area (Å²) in [6.45, 7) is 23.5. The number of benzene rings is 7. The molecule has 3 heterocycles. The topological polar surface area (TPSA) is 33.5 Å². The number of hydrogen-bond donors (Lipinski definition) is 0. The van der Waals surface area contributed by atoms with Crippen LogP contribution in [0.5, 0.6) is 11.5 Å². The fourth-order valence-electron chi connectivity index (χ4n) is 9.38. The van der Waals surface area contributed by atoms with E-state index in [4.69, 9.17) is 9.72 Å². The number of aryl methyl sites for hydroxylation is 1. The van der Waals surface area contributed by atoms with Gasteiger partial charge >= 0.3 is 0 Å². The first-order chi connectivity index (χ1) is 31.5. The molecule has 0 spiro atoms. The SMILES string of the molecule is Cc1cc(-n2c3ccccc3c3ccc(Oc4cccc(N5CN(c6cc(C(C)(C)C)cc(C(C)(C)C)c6)c6ccc(-c7ccccc7)cc65)c4)cc32)ncc1-c1cccc(C(C)(C)C)c1. The second-order valence-corrected chi connectivity index (χ2v) is 21.2. The van der Waals surface area contributed by atoms with E-state index in [2.05, 4.69) is 247 Å². The van der Waals surface area contributed by atoms with Crippen LogP contribution in [0.2, 0.25) is 0 Å². The predicted octanol–water partition coefficient (Wildman–Crippen LogP) is 16.8. The van der Waals surface area contributed by atoms with Crippen molar-refractivity contribution in [3.63, 3.8) is 0 Å². The third-order valence-corrected chi connectivity index (χ3v) is 13.3. The fourth-order valence-corrected chi connectivity index (χ4v) is 9.38.